The van der Waals surface area contributed by atoms with Crippen molar-refractivity contribution in [1.82, 2.24) is 4.98 Å². The minimum atomic E-state index is -1.72. The molecule has 0 fully saturated rings. The molecule has 2 heterocycles. The zero-order valence-corrected chi connectivity index (χ0v) is 15.0. The molecule has 0 atom stereocenters. The number of carbonyl (C=O) groups excluding carboxylic acids is 1. The summed E-state index contributed by atoms with van der Waals surface area (Å²) in [6.07, 6.45) is 0. The molecule has 0 radical (unpaired) electrons. The average Bonchev–Trinajstić information content (AvgIpc) is 3.30. The van der Waals surface area contributed by atoms with Crippen molar-refractivity contribution in [3.8, 4) is 11.1 Å². The van der Waals surface area contributed by atoms with Crippen molar-refractivity contribution in [3.05, 3.63) is 70.7 Å². The van der Waals surface area contributed by atoms with Gasteiger partial charge in [-0.2, -0.15) is 0 Å². The minimum Gasteiger partial charge on any atom is -0.478 e. The van der Waals surface area contributed by atoms with Gasteiger partial charge in [0, 0.05) is 16.5 Å². The zero-order chi connectivity index (χ0) is 20.7. The molecule has 0 aliphatic heterocycles. The number of para-hydroxylation sites is 2. The third kappa shape index (κ3) is 3.23. The lowest BCUT2D eigenvalue weighted by atomic mass is 10.0. The minimum absolute atomic E-state index is 0.135. The number of thiophene rings is 1. The van der Waals surface area contributed by atoms with Crippen molar-refractivity contribution in [2.75, 3.05) is 5.32 Å². The summed E-state index contributed by atoms with van der Waals surface area (Å²) < 4.78 is 46.2. The second-order valence-corrected chi connectivity index (χ2v) is 6.70. The maximum Gasteiger partial charge on any atom is 0.339 e. The molecule has 0 saturated heterocycles. The van der Waals surface area contributed by atoms with Crippen LogP contribution in [-0.4, -0.2) is 22.0 Å². The number of hydrogen-bond acceptors (Lipinski definition) is 5. The van der Waals surface area contributed by atoms with Crippen LogP contribution in [0.3, 0.4) is 0 Å². The van der Waals surface area contributed by atoms with Crippen LogP contribution >= 0.6 is 11.3 Å². The molecule has 0 bridgehead atoms. The molecular formula is C19H9F3N2O4S. The van der Waals surface area contributed by atoms with Crippen molar-refractivity contribution in [1.29, 1.82) is 0 Å². The molecular weight excluding hydrogens is 409 g/mol. The van der Waals surface area contributed by atoms with Gasteiger partial charge in [-0.05, 0) is 24.3 Å². The number of aromatic nitrogens is 1. The quantitative estimate of drug-likeness (QED) is 0.459. The van der Waals surface area contributed by atoms with Crippen LogP contribution in [-0.2, 0) is 0 Å². The molecule has 4 rings (SSSR count). The van der Waals surface area contributed by atoms with Gasteiger partial charge in [-0.1, -0.05) is 12.1 Å². The van der Waals surface area contributed by atoms with E-state index in [2.05, 4.69) is 10.3 Å². The predicted octanol–water partition coefficient (Wildman–Crippen LogP) is 4.92. The topological polar surface area (TPSA) is 92.4 Å². The number of hydrogen-bond donors (Lipinski definition) is 2. The first-order valence-corrected chi connectivity index (χ1v) is 8.90. The number of fused-ring (bicyclic) bond motifs is 1. The van der Waals surface area contributed by atoms with Crippen molar-refractivity contribution < 1.29 is 32.3 Å². The van der Waals surface area contributed by atoms with E-state index < -0.39 is 40.5 Å². The second kappa shape index (κ2) is 7.06. The highest BCUT2D eigenvalue weighted by atomic mass is 32.1. The third-order valence-electron chi connectivity index (χ3n) is 4.05. The Hall–Kier alpha value is -3.66. The maximum atomic E-state index is 14.1. The fraction of sp³-hybridized carbons (Fsp3) is 0. The number of oxazole rings is 1. The van der Waals surface area contributed by atoms with E-state index in [1.807, 2.05) is 0 Å². The molecule has 29 heavy (non-hydrogen) atoms. The van der Waals surface area contributed by atoms with Gasteiger partial charge in [-0.3, -0.25) is 4.79 Å². The van der Waals surface area contributed by atoms with Crippen LogP contribution in [0.1, 0.15) is 21.0 Å². The smallest absolute Gasteiger partial charge is 0.339 e. The molecule has 1 amide bonds. The number of carboxylic acid groups (broad SMARTS) is 1. The molecule has 146 valence electrons. The molecule has 4 aromatic rings. The highest BCUT2D eigenvalue weighted by Crippen LogP contribution is 2.38. The van der Waals surface area contributed by atoms with Crippen molar-refractivity contribution in [3.63, 3.8) is 0 Å². The van der Waals surface area contributed by atoms with Gasteiger partial charge < -0.3 is 14.8 Å². The molecule has 2 N–H and O–H groups in total. The summed E-state index contributed by atoms with van der Waals surface area (Å²) in [7, 11) is 0. The molecule has 6 nitrogen and oxygen atoms in total. The van der Waals surface area contributed by atoms with E-state index in [1.165, 1.54) is 5.38 Å². The second-order valence-electron chi connectivity index (χ2n) is 5.82. The van der Waals surface area contributed by atoms with Gasteiger partial charge in [0.05, 0.1) is 0 Å². The number of carboxylic acids is 1. The lowest BCUT2D eigenvalue weighted by Gasteiger charge is -2.06. The maximum absolute atomic E-state index is 14.1. The zero-order valence-electron chi connectivity index (χ0n) is 14.2. The number of anilines is 1. The summed E-state index contributed by atoms with van der Waals surface area (Å²) in [6, 6.07) is 8.25. The first-order valence-electron chi connectivity index (χ1n) is 8.02. The van der Waals surface area contributed by atoms with E-state index in [-0.39, 0.29) is 16.5 Å². The van der Waals surface area contributed by atoms with E-state index in [1.54, 1.807) is 24.3 Å². The van der Waals surface area contributed by atoms with Crippen LogP contribution in [0.2, 0.25) is 0 Å². The monoisotopic (exact) mass is 418 g/mol. The van der Waals surface area contributed by atoms with Crippen molar-refractivity contribution in [2.45, 2.75) is 0 Å². The Morgan fingerprint density at radius 3 is 2.52 bits per heavy atom. The fourth-order valence-corrected chi connectivity index (χ4v) is 3.67. The number of nitrogens with one attached hydrogen (secondary N) is 1. The van der Waals surface area contributed by atoms with Crippen LogP contribution < -0.4 is 5.32 Å². The van der Waals surface area contributed by atoms with Gasteiger partial charge in [0.1, 0.15) is 16.1 Å². The van der Waals surface area contributed by atoms with Gasteiger partial charge in [0.15, 0.2) is 23.0 Å². The summed E-state index contributed by atoms with van der Waals surface area (Å²) in [6.45, 7) is 0. The molecule has 2 aromatic carbocycles. The summed E-state index contributed by atoms with van der Waals surface area (Å²) in [5.74, 6) is -7.25. The first kappa shape index (κ1) is 18.7. The van der Waals surface area contributed by atoms with Crippen LogP contribution in [0, 0.1) is 17.5 Å². The third-order valence-corrected chi connectivity index (χ3v) is 4.94. The Balaban J connectivity index is 1.73. The number of aromatic carboxylic acids is 1. The van der Waals surface area contributed by atoms with Crippen LogP contribution in [0.25, 0.3) is 22.2 Å². The van der Waals surface area contributed by atoms with E-state index >= 15 is 0 Å². The molecule has 0 aliphatic carbocycles. The van der Waals surface area contributed by atoms with E-state index in [4.69, 9.17) is 4.42 Å². The number of benzene rings is 2. The lowest BCUT2D eigenvalue weighted by molar-refractivity contribution is 0.0699. The Bertz CT molecular complexity index is 1250. The number of rotatable bonds is 4. The Morgan fingerprint density at radius 2 is 1.79 bits per heavy atom. The molecule has 0 spiro atoms. The first-order chi connectivity index (χ1) is 13.9. The summed E-state index contributed by atoms with van der Waals surface area (Å²) in [4.78, 5) is 28.2. The lowest BCUT2D eigenvalue weighted by Crippen LogP contribution is -2.14. The summed E-state index contributed by atoms with van der Waals surface area (Å²) >= 11 is 0.783. The number of nitrogens with zero attached hydrogens (tertiary/aromatic N) is 1. The predicted molar refractivity (Wildman–Crippen MR) is 98.6 cm³/mol. The molecule has 0 saturated carbocycles. The molecule has 10 heteroatoms. The molecule has 2 aromatic heterocycles. The van der Waals surface area contributed by atoms with E-state index in [0.717, 1.165) is 17.4 Å². The number of halogens is 3. The Labute approximate surface area is 164 Å². The van der Waals surface area contributed by atoms with Gasteiger partial charge in [0.2, 0.25) is 0 Å². The molecule has 0 aliphatic rings. The Kier molecular flexibility index (Phi) is 4.55. The molecule has 0 unspecified atom stereocenters. The summed E-state index contributed by atoms with van der Waals surface area (Å²) in [5.41, 5.74) is -0.310. The Morgan fingerprint density at radius 1 is 1.03 bits per heavy atom. The largest absolute Gasteiger partial charge is 0.478 e. The number of amides is 1. The van der Waals surface area contributed by atoms with Gasteiger partial charge in [-0.25, -0.2) is 22.9 Å². The van der Waals surface area contributed by atoms with Crippen LogP contribution in [0.4, 0.5) is 18.2 Å². The van der Waals surface area contributed by atoms with Gasteiger partial charge in [-0.15, -0.1) is 11.3 Å². The summed E-state index contributed by atoms with van der Waals surface area (Å²) in [5, 5.41) is 13.0. The van der Waals surface area contributed by atoms with E-state index in [9.17, 15) is 27.9 Å². The SMILES string of the molecule is O=C(Nc1scc(-c2ccc(F)c(F)c2F)c1C(=O)O)c1nc2ccccc2o1. The number of carbonyl (C=O) groups is 2. The fourth-order valence-electron chi connectivity index (χ4n) is 2.72. The van der Waals surface area contributed by atoms with Crippen LogP contribution in [0.5, 0.6) is 0 Å². The normalized spacial score (nSPS) is 11.0. The highest BCUT2D eigenvalue weighted by Gasteiger charge is 2.26. The van der Waals surface area contributed by atoms with Gasteiger partial charge in [0.25, 0.3) is 5.89 Å². The average molecular weight is 418 g/mol. The standard InChI is InChI=1S/C19H9F3N2O4S/c20-10-6-5-8(14(21)15(10)22)9-7-29-18(13(9)19(26)27)24-16(25)17-23-11-3-1-2-4-12(11)28-17/h1-7H,(H,24,25)(H,26,27). The van der Waals surface area contributed by atoms with Crippen molar-refractivity contribution in [2.24, 2.45) is 0 Å². The van der Waals surface area contributed by atoms with Gasteiger partial charge >= 0.3 is 11.9 Å². The van der Waals surface area contributed by atoms with E-state index in [0.29, 0.717) is 17.2 Å². The van der Waals surface area contributed by atoms with Crippen LogP contribution in [0.15, 0.2) is 46.2 Å². The van der Waals surface area contributed by atoms with Crippen molar-refractivity contribution >= 4 is 39.3 Å². The highest BCUT2D eigenvalue weighted by molar-refractivity contribution is 7.15.